The summed E-state index contributed by atoms with van der Waals surface area (Å²) in [5.41, 5.74) is 3.86. The van der Waals surface area contributed by atoms with Crippen molar-refractivity contribution in [2.24, 2.45) is 0 Å². The van der Waals surface area contributed by atoms with E-state index in [1.807, 2.05) is 31.2 Å². The van der Waals surface area contributed by atoms with Gasteiger partial charge >= 0.3 is 0 Å². The van der Waals surface area contributed by atoms with Crippen molar-refractivity contribution in [2.75, 3.05) is 4.90 Å². The second-order valence-corrected chi connectivity index (χ2v) is 7.73. The Morgan fingerprint density at radius 1 is 0.818 bits per heavy atom. The van der Waals surface area contributed by atoms with Crippen LogP contribution >= 0.6 is 0 Å². The van der Waals surface area contributed by atoms with Crippen molar-refractivity contribution < 1.29 is 14.6 Å². The van der Waals surface area contributed by atoms with Crippen LogP contribution in [0.4, 0.5) is 17.1 Å². The topological polar surface area (TPSA) is 107 Å². The number of carbonyl (C=O) groups excluding carboxylic acids is 1. The van der Waals surface area contributed by atoms with Gasteiger partial charge in [0.15, 0.2) is 0 Å². The van der Waals surface area contributed by atoms with Crippen LogP contribution in [0.2, 0.25) is 0 Å². The monoisotopic (exact) mass is 441 g/mol. The number of carbonyl (C=O) groups is 1. The molecule has 0 aliphatic carbocycles. The van der Waals surface area contributed by atoms with E-state index in [1.54, 1.807) is 43.3 Å². The normalized spacial score (nSPS) is 14.5. The fourth-order valence-electron chi connectivity index (χ4n) is 3.63. The number of aryl methyl sites for hydroxylation is 2. The summed E-state index contributed by atoms with van der Waals surface area (Å²) in [7, 11) is 0. The summed E-state index contributed by atoms with van der Waals surface area (Å²) >= 11 is 0. The number of rotatable bonds is 5. The highest BCUT2D eigenvalue weighted by atomic mass is 16.6. The van der Waals surface area contributed by atoms with E-state index in [2.05, 4.69) is 0 Å². The zero-order valence-electron chi connectivity index (χ0n) is 17.9. The fourth-order valence-corrected chi connectivity index (χ4v) is 3.63. The second-order valence-electron chi connectivity index (χ2n) is 7.73. The number of benzene rings is 3. The number of non-ortho nitro benzene ring substituents is 1. The van der Waals surface area contributed by atoms with Gasteiger partial charge in [0.25, 0.3) is 17.3 Å². The Labute approximate surface area is 189 Å². The number of nitro groups is 2. The van der Waals surface area contributed by atoms with Crippen molar-refractivity contribution >= 4 is 34.7 Å². The van der Waals surface area contributed by atoms with Gasteiger partial charge in [0.2, 0.25) is 0 Å². The fraction of sp³-hybridized carbons (Fsp3) is 0.0800. The third-order valence-corrected chi connectivity index (χ3v) is 5.33. The van der Waals surface area contributed by atoms with E-state index in [0.29, 0.717) is 22.4 Å². The first kappa shape index (κ1) is 21.6. The predicted molar refractivity (Wildman–Crippen MR) is 126 cm³/mol. The molecule has 0 aromatic heterocycles. The molecule has 8 heteroatoms. The number of nitrogens with zero attached hydrogens (tertiary/aromatic N) is 3. The summed E-state index contributed by atoms with van der Waals surface area (Å²) in [4.78, 5) is 36.5. The molecule has 0 saturated carbocycles. The minimum absolute atomic E-state index is 0.0531. The summed E-state index contributed by atoms with van der Waals surface area (Å²) in [5.74, 6) is -0.420. The molecule has 0 spiro atoms. The Hall–Kier alpha value is -4.59. The van der Waals surface area contributed by atoms with Crippen LogP contribution in [0.1, 0.15) is 22.3 Å². The van der Waals surface area contributed by atoms with Crippen LogP contribution in [0, 0.1) is 34.1 Å². The van der Waals surface area contributed by atoms with Crippen molar-refractivity contribution in [1.82, 2.24) is 0 Å². The third kappa shape index (κ3) is 4.27. The lowest BCUT2D eigenvalue weighted by atomic mass is 10.1. The van der Waals surface area contributed by atoms with E-state index in [1.165, 1.54) is 23.1 Å². The molecule has 1 heterocycles. The Morgan fingerprint density at radius 3 is 2.06 bits per heavy atom. The van der Waals surface area contributed by atoms with Gasteiger partial charge in [-0.05, 0) is 60.9 Å². The molecule has 33 heavy (non-hydrogen) atoms. The zero-order valence-corrected chi connectivity index (χ0v) is 17.9. The molecule has 0 atom stereocenters. The number of amides is 1. The molecule has 0 radical (unpaired) electrons. The quantitative estimate of drug-likeness (QED) is 0.291. The molecule has 3 aromatic carbocycles. The molecular weight excluding hydrogens is 422 g/mol. The Morgan fingerprint density at radius 2 is 1.45 bits per heavy atom. The molecular formula is C25H19N3O5. The van der Waals surface area contributed by atoms with Gasteiger partial charge in [0.1, 0.15) is 5.69 Å². The number of nitro benzene ring substituents is 2. The molecule has 0 N–H and O–H groups in total. The molecule has 8 nitrogen and oxygen atoms in total. The maximum absolute atomic E-state index is 13.5. The molecule has 1 aliphatic heterocycles. The maximum atomic E-state index is 13.5. The molecule has 0 unspecified atom stereocenters. The van der Waals surface area contributed by atoms with E-state index < -0.39 is 15.8 Å². The van der Waals surface area contributed by atoms with E-state index in [0.717, 1.165) is 11.1 Å². The minimum atomic E-state index is -0.500. The summed E-state index contributed by atoms with van der Waals surface area (Å²) < 4.78 is 0. The smallest absolute Gasteiger partial charge is 0.270 e. The van der Waals surface area contributed by atoms with E-state index >= 15 is 0 Å². The van der Waals surface area contributed by atoms with Crippen molar-refractivity contribution in [3.05, 3.63) is 121 Å². The first-order chi connectivity index (χ1) is 15.7. The van der Waals surface area contributed by atoms with E-state index in [4.69, 9.17) is 0 Å². The lowest BCUT2D eigenvalue weighted by Gasteiger charge is -2.21. The second kappa shape index (κ2) is 8.51. The lowest BCUT2D eigenvalue weighted by molar-refractivity contribution is -0.384. The van der Waals surface area contributed by atoms with Gasteiger partial charge < -0.3 is 0 Å². The average molecular weight is 441 g/mol. The number of hydrogen-bond acceptors (Lipinski definition) is 5. The van der Waals surface area contributed by atoms with Gasteiger partial charge in [0, 0.05) is 23.8 Å². The minimum Gasteiger partial charge on any atom is -0.270 e. The molecule has 164 valence electrons. The molecule has 4 rings (SSSR count). The van der Waals surface area contributed by atoms with Crippen LogP contribution in [-0.4, -0.2) is 15.8 Å². The van der Waals surface area contributed by atoms with Crippen LogP contribution in [0.25, 0.3) is 11.8 Å². The van der Waals surface area contributed by atoms with E-state index in [9.17, 15) is 25.0 Å². The largest absolute Gasteiger partial charge is 0.293 e. The van der Waals surface area contributed by atoms with Gasteiger partial charge in [0.05, 0.1) is 15.5 Å². The van der Waals surface area contributed by atoms with Gasteiger partial charge in [-0.15, -0.1) is 0 Å². The van der Waals surface area contributed by atoms with Gasteiger partial charge in [-0.1, -0.05) is 35.9 Å². The summed E-state index contributed by atoms with van der Waals surface area (Å²) in [6, 6.07) is 18.1. The average Bonchev–Trinajstić information content (AvgIpc) is 3.10. The Kier molecular flexibility index (Phi) is 5.58. The van der Waals surface area contributed by atoms with Gasteiger partial charge in [-0.3, -0.25) is 29.9 Å². The standard InChI is InChI=1S/C25H19N3O5/c1-16-3-8-19(9-4-16)23-15-20(14-18-6-10-21(11-7-18)27(30)31)25(29)26(23)22-12-5-17(2)13-24(22)28(32)33/h3-15H,1-2H3/b20-14+. The molecule has 1 amide bonds. The highest BCUT2D eigenvalue weighted by Gasteiger charge is 2.34. The summed E-state index contributed by atoms with van der Waals surface area (Å²) in [6.45, 7) is 3.69. The van der Waals surface area contributed by atoms with E-state index in [-0.39, 0.29) is 17.1 Å². The van der Waals surface area contributed by atoms with Crippen LogP contribution in [0.5, 0.6) is 0 Å². The third-order valence-electron chi connectivity index (χ3n) is 5.33. The Bertz CT molecular complexity index is 1340. The molecule has 0 saturated heterocycles. The van der Waals surface area contributed by atoms with Crippen molar-refractivity contribution in [3.63, 3.8) is 0 Å². The summed E-state index contributed by atoms with van der Waals surface area (Å²) in [5, 5.41) is 22.7. The maximum Gasteiger partial charge on any atom is 0.293 e. The van der Waals surface area contributed by atoms with Crippen molar-refractivity contribution in [3.8, 4) is 0 Å². The first-order valence-electron chi connectivity index (χ1n) is 10.1. The Balaban J connectivity index is 1.85. The number of anilines is 1. The van der Waals surface area contributed by atoms with Crippen molar-refractivity contribution in [1.29, 1.82) is 0 Å². The highest BCUT2D eigenvalue weighted by molar-refractivity contribution is 6.23. The van der Waals surface area contributed by atoms with Crippen LogP contribution < -0.4 is 4.90 Å². The highest BCUT2D eigenvalue weighted by Crippen LogP contribution is 2.40. The van der Waals surface area contributed by atoms with Gasteiger partial charge in [-0.2, -0.15) is 0 Å². The van der Waals surface area contributed by atoms with Gasteiger partial charge in [-0.25, -0.2) is 0 Å². The van der Waals surface area contributed by atoms with Crippen molar-refractivity contribution in [2.45, 2.75) is 13.8 Å². The van der Waals surface area contributed by atoms with Crippen LogP contribution in [0.15, 0.2) is 78.4 Å². The first-order valence-corrected chi connectivity index (χ1v) is 10.1. The van der Waals surface area contributed by atoms with Crippen LogP contribution in [-0.2, 0) is 4.79 Å². The van der Waals surface area contributed by atoms with Crippen LogP contribution in [0.3, 0.4) is 0 Å². The molecule has 0 fully saturated rings. The lowest BCUT2D eigenvalue weighted by Crippen LogP contribution is -2.25. The number of hydrogen-bond donors (Lipinski definition) is 0. The zero-order chi connectivity index (χ0) is 23.7. The predicted octanol–water partition coefficient (Wildman–Crippen LogP) is 5.59. The molecule has 0 bridgehead atoms. The SMILES string of the molecule is Cc1ccc(C2=C/C(=C\c3ccc([N+](=O)[O-])cc3)C(=O)N2c2ccc(C)cc2[N+](=O)[O-])cc1. The molecule has 1 aliphatic rings. The summed E-state index contributed by atoms with van der Waals surface area (Å²) in [6.07, 6.45) is 3.29. The molecule has 3 aromatic rings.